The van der Waals surface area contributed by atoms with E-state index in [-0.39, 0.29) is 16.0 Å². The molecule has 1 N–H and O–H groups in total. The maximum atomic E-state index is 11.9. The number of nitrogens with zero attached hydrogens (tertiary/aromatic N) is 2. The second kappa shape index (κ2) is 5.52. The molecule has 0 aliphatic carbocycles. The Morgan fingerprint density at radius 3 is 2.56 bits per heavy atom. The summed E-state index contributed by atoms with van der Waals surface area (Å²) in [6, 6.07) is 6.85. The standard InChI is InChI=1S/C11H6Cl3N3O/c12-7-3-1-2-4-8(7)16-10(18)6-5-15-11(14)17-9(6)13/h1-5H,(H,16,18). The summed E-state index contributed by atoms with van der Waals surface area (Å²) in [6.45, 7) is 0. The van der Waals surface area contributed by atoms with Crippen molar-refractivity contribution in [3.05, 3.63) is 51.5 Å². The van der Waals surface area contributed by atoms with Gasteiger partial charge < -0.3 is 5.32 Å². The molecule has 0 saturated heterocycles. The SMILES string of the molecule is O=C(Nc1ccccc1Cl)c1cnc(Cl)nc1Cl. The lowest BCUT2D eigenvalue weighted by molar-refractivity contribution is 0.102. The molecule has 1 heterocycles. The Hall–Kier alpha value is -1.36. The van der Waals surface area contributed by atoms with Gasteiger partial charge in [-0.05, 0) is 23.7 Å². The third-order valence-electron chi connectivity index (χ3n) is 2.08. The number of anilines is 1. The zero-order valence-electron chi connectivity index (χ0n) is 8.82. The van der Waals surface area contributed by atoms with Gasteiger partial charge in [0.25, 0.3) is 5.91 Å². The number of hydrogen-bond acceptors (Lipinski definition) is 3. The smallest absolute Gasteiger partial charge is 0.260 e. The highest BCUT2D eigenvalue weighted by molar-refractivity contribution is 6.36. The molecule has 0 fully saturated rings. The van der Waals surface area contributed by atoms with Gasteiger partial charge in [0.1, 0.15) is 5.15 Å². The fraction of sp³-hybridized carbons (Fsp3) is 0. The number of halogens is 3. The molecule has 0 radical (unpaired) electrons. The van der Waals surface area contributed by atoms with E-state index in [1.165, 1.54) is 6.20 Å². The molecule has 1 amide bonds. The van der Waals surface area contributed by atoms with E-state index < -0.39 is 5.91 Å². The van der Waals surface area contributed by atoms with Crippen LogP contribution in [0.1, 0.15) is 10.4 Å². The lowest BCUT2D eigenvalue weighted by Crippen LogP contribution is -2.13. The van der Waals surface area contributed by atoms with E-state index in [1.807, 2.05) is 0 Å². The lowest BCUT2D eigenvalue weighted by atomic mass is 10.3. The summed E-state index contributed by atoms with van der Waals surface area (Å²) in [5, 5.41) is 3.00. The summed E-state index contributed by atoms with van der Waals surface area (Å²) in [5.41, 5.74) is 0.608. The van der Waals surface area contributed by atoms with Gasteiger partial charge in [0.15, 0.2) is 0 Å². The predicted molar refractivity (Wildman–Crippen MR) is 71.5 cm³/mol. The molecule has 0 saturated carbocycles. The van der Waals surface area contributed by atoms with Crippen LogP contribution in [0.15, 0.2) is 30.5 Å². The molecule has 2 rings (SSSR count). The topological polar surface area (TPSA) is 54.9 Å². The second-order valence-electron chi connectivity index (χ2n) is 3.28. The van der Waals surface area contributed by atoms with Crippen LogP contribution < -0.4 is 5.32 Å². The van der Waals surface area contributed by atoms with E-state index in [4.69, 9.17) is 34.8 Å². The minimum absolute atomic E-state index is 0.0143. The first-order chi connectivity index (χ1) is 8.58. The van der Waals surface area contributed by atoms with Crippen LogP contribution in [0.5, 0.6) is 0 Å². The van der Waals surface area contributed by atoms with Crippen LogP contribution in [-0.2, 0) is 0 Å². The number of nitrogens with one attached hydrogen (secondary N) is 1. The Bertz CT molecular complexity index is 604. The molecule has 7 heteroatoms. The first kappa shape index (κ1) is 13.1. The lowest BCUT2D eigenvalue weighted by Gasteiger charge is -2.07. The van der Waals surface area contributed by atoms with Crippen molar-refractivity contribution < 1.29 is 4.79 Å². The molecule has 0 spiro atoms. The maximum absolute atomic E-state index is 11.9. The van der Waals surface area contributed by atoms with Crippen molar-refractivity contribution in [2.45, 2.75) is 0 Å². The summed E-state index contributed by atoms with van der Waals surface area (Å²) in [6.07, 6.45) is 1.25. The van der Waals surface area contributed by atoms with Crippen LogP contribution in [0.25, 0.3) is 0 Å². The van der Waals surface area contributed by atoms with Crippen LogP contribution in [0.3, 0.4) is 0 Å². The zero-order chi connectivity index (χ0) is 13.1. The number of aromatic nitrogens is 2. The van der Waals surface area contributed by atoms with Crippen LogP contribution in [0, 0.1) is 0 Å². The highest BCUT2D eigenvalue weighted by atomic mass is 35.5. The largest absolute Gasteiger partial charge is 0.320 e. The van der Waals surface area contributed by atoms with Gasteiger partial charge in [0.2, 0.25) is 5.28 Å². The van der Waals surface area contributed by atoms with Crippen LogP contribution >= 0.6 is 34.8 Å². The molecule has 0 aliphatic heterocycles. The number of amides is 1. The third kappa shape index (κ3) is 2.90. The maximum Gasteiger partial charge on any atom is 0.260 e. The van der Waals surface area contributed by atoms with Crippen molar-refractivity contribution in [2.24, 2.45) is 0 Å². The van der Waals surface area contributed by atoms with Gasteiger partial charge in [-0.2, -0.15) is 0 Å². The van der Waals surface area contributed by atoms with Gasteiger partial charge in [-0.15, -0.1) is 0 Å². The summed E-state index contributed by atoms with van der Waals surface area (Å²) < 4.78 is 0. The Balaban J connectivity index is 2.25. The fourth-order valence-corrected chi connectivity index (χ4v) is 1.82. The molecule has 18 heavy (non-hydrogen) atoms. The second-order valence-corrected chi connectivity index (χ2v) is 4.38. The number of rotatable bonds is 2. The Labute approximate surface area is 118 Å². The Kier molecular flexibility index (Phi) is 4.01. The Morgan fingerprint density at radius 2 is 1.89 bits per heavy atom. The van der Waals surface area contributed by atoms with E-state index in [9.17, 15) is 4.79 Å². The quantitative estimate of drug-likeness (QED) is 0.680. The average molecular weight is 303 g/mol. The van der Waals surface area contributed by atoms with Gasteiger partial charge in [0.05, 0.1) is 16.3 Å². The molecule has 1 aromatic carbocycles. The van der Waals surface area contributed by atoms with Crippen LogP contribution in [0.2, 0.25) is 15.5 Å². The van der Waals surface area contributed by atoms with Gasteiger partial charge >= 0.3 is 0 Å². The van der Waals surface area contributed by atoms with Crippen molar-refractivity contribution >= 4 is 46.4 Å². The van der Waals surface area contributed by atoms with Crippen molar-refractivity contribution in [3.8, 4) is 0 Å². The number of carbonyl (C=O) groups excluding carboxylic acids is 1. The molecule has 4 nitrogen and oxygen atoms in total. The third-order valence-corrected chi connectivity index (χ3v) is 2.88. The van der Waals surface area contributed by atoms with E-state index >= 15 is 0 Å². The summed E-state index contributed by atoms with van der Waals surface area (Å²) in [7, 11) is 0. The molecular formula is C11H6Cl3N3O. The molecule has 0 atom stereocenters. The Morgan fingerprint density at radius 1 is 1.17 bits per heavy atom. The van der Waals surface area contributed by atoms with Gasteiger partial charge in [-0.1, -0.05) is 35.3 Å². The molecular weight excluding hydrogens is 296 g/mol. The van der Waals surface area contributed by atoms with Crippen molar-refractivity contribution in [1.29, 1.82) is 0 Å². The van der Waals surface area contributed by atoms with Crippen molar-refractivity contribution in [2.75, 3.05) is 5.32 Å². The van der Waals surface area contributed by atoms with Crippen molar-refractivity contribution in [3.63, 3.8) is 0 Å². The molecule has 92 valence electrons. The van der Waals surface area contributed by atoms with E-state index in [2.05, 4.69) is 15.3 Å². The normalized spacial score (nSPS) is 10.2. The average Bonchev–Trinajstić information content (AvgIpc) is 2.32. The number of hydrogen-bond donors (Lipinski definition) is 1. The van der Waals surface area contributed by atoms with Gasteiger partial charge in [-0.25, -0.2) is 9.97 Å². The van der Waals surface area contributed by atoms with Gasteiger partial charge in [-0.3, -0.25) is 4.79 Å². The number of para-hydroxylation sites is 1. The predicted octanol–water partition coefficient (Wildman–Crippen LogP) is 3.69. The summed E-state index contributed by atoms with van der Waals surface area (Å²) in [5.74, 6) is -0.454. The molecule has 2 aromatic rings. The number of carbonyl (C=O) groups is 1. The van der Waals surface area contributed by atoms with Crippen molar-refractivity contribution in [1.82, 2.24) is 9.97 Å². The number of benzene rings is 1. The van der Waals surface area contributed by atoms with E-state index in [0.29, 0.717) is 10.7 Å². The van der Waals surface area contributed by atoms with Gasteiger partial charge in [0, 0.05) is 6.20 Å². The molecule has 1 aromatic heterocycles. The van der Waals surface area contributed by atoms with E-state index in [1.54, 1.807) is 24.3 Å². The zero-order valence-corrected chi connectivity index (χ0v) is 11.1. The first-order valence-corrected chi connectivity index (χ1v) is 5.95. The fourth-order valence-electron chi connectivity index (χ4n) is 1.25. The summed E-state index contributed by atoms with van der Waals surface area (Å²) >= 11 is 17.3. The summed E-state index contributed by atoms with van der Waals surface area (Å²) in [4.78, 5) is 19.3. The highest BCUT2D eigenvalue weighted by Gasteiger charge is 2.14. The monoisotopic (exact) mass is 301 g/mol. The first-order valence-electron chi connectivity index (χ1n) is 4.82. The van der Waals surface area contributed by atoms with E-state index in [0.717, 1.165) is 0 Å². The highest BCUT2D eigenvalue weighted by Crippen LogP contribution is 2.22. The van der Waals surface area contributed by atoms with Crippen LogP contribution in [0.4, 0.5) is 5.69 Å². The van der Waals surface area contributed by atoms with Crippen LogP contribution in [-0.4, -0.2) is 15.9 Å². The molecule has 0 aliphatic rings. The molecule has 0 unspecified atom stereocenters. The molecule has 0 bridgehead atoms. The minimum Gasteiger partial charge on any atom is -0.320 e. The minimum atomic E-state index is -0.454.